The Hall–Kier alpha value is -2.39. The van der Waals surface area contributed by atoms with Crippen LogP contribution in [0.5, 0.6) is 11.5 Å². The second-order valence-electron chi connectivity index (χ2n) is 14.8. The van der Waals surface area contributed by atoms with Gasteiger partial charge in [0.05, 0.1) is 19.2 Å². The molecular weight excluding hydrogens is 525 g/mol. The molecule has 6 heteroatoms. The lowest BCUT2D eigenvalue weighted by molar-refractivity contribution is -0.890. The third-order valence-corrected chi connectivity index (χ3v) is 19.2. The first-order valence-corrected chi connectivity index (χ1v) is 21.7. The summed E-state index contributed by atoms with van der Waals surface area (Å²) in [5.74, 6) is 2.03. The average Bonchev–Trinajstić information content (AvgIpc) is 2.78. The van der Waals surface area contributed by atoms with E-state index in [0.29, 0.717) is 4.48 Å². The van der Waals surface area contributed by atoms with Crippen LogP contribution in [0.15, 0.2) is 42.5 Å². The summed E-state index contributed by atoms with van der Waals surface area (Å²) in [6.45, 7) is 30.4. The van der Waals surface area contributed by atoms with Gasteiger partial charge in [-0.25, -0.2) is 0 Å². The molecule has 3 aromatic rings. The minimum atomic E-state index is -2.08. The van der Waals surface area contributed by atoms with E-state index in [4.69, 9.17) is 9.47 Å². The van der Waals surface area contributed by atoms with Crippen molar-refractivity contribution in [1.82, 2.24) is 4.48 Å². The maximum absolute atomic E-state index is 7.73. The highest BCUT2D eigenvalue weighted by Gasteiger charge is 2.80. The first kappa shape index (κ1) is 29.1. The lowest BCUT2D eigenvalue weighted by atomic mass is 9.98. The zero-order valence-electron chi connectivity index (χ0n) is 27.2. The van der Waals surface area contributed by atoms with Crippen molar-refractivity contribution in [3.63, 3.8) is 0 Å². The highest BCUT2D eigenvalue weighted by molar-refractivity contribution is 6.82. The molecule has 2 aliphatic rings. The van der Waals surface area contributed by atoms with E-state index in [9.17, 15) is 0 Å². The Morgan fingerprint density at radius 1 is 0.625 bits per heavy atom. The van der Waals surface area contributed by atoms with Gasteiger partial charge in [0.15, 0.2) is 5.69 Å². The summed E-state index contributed by atoms with van der Waals surface area (Å²) in [6.07, 6.45) is 0. The molecule has 214 valence electrons. The SMILES string of the molecule is Cc1cc(C)c2c(c1)C[N+](C)(c1c(C)cccc1C)C1(O2)Oc2c(C)cc(C)cc2C[N+]1([Si](C)(C)C)[Si](C)(C)C. The molecule has 0 aliphatic carbocycles. The summed E-state index contributed by atoms with van der Waals surface area (Å²) in [5, 5.41) is 0. The quantitative estimate of drug-likeness (QED) is 0.230. The number of rotatable bonds is 3. The molecule has 4 nitrogen and oxygen atoms in total. The zero-order chi connectivity index (χ0) is 29.6. The largest absolute Gasteiger partial charge is 0.535 e. The van der Waals surface area contributed by atoms with Crippen molar-refractivity contribution in [2.45, 2.75) is 99.9 Å². The second-order valence-corrected chi connectivity index (χ2v) is 25.4. The minimum absolute atomic E-state index is 0.558. The van der Waals surface area contributed by atoms with Crippen LogP contribution in [0.25, 0.3) is 0 Å². The number of ether oxygens (including phenoxy) is 2. The van der Waals surface area contributed by atoms with Crippen molar-refractivity contribution in [1.29, 1.82) is 0 Å². The average molecular weight is 575 g/mol. The van der Waals surface area contributed by atoms with Gasteiger partial charge in [-0.1, -0.05) is 41.5 Å². The lowest BCUT2D eigenvalue weighted by Crippen LogP contribution is -2.95. The van der Waals surface area contributed by atoms with Gasteiger partial charge in [0.2, 0.25) is 0 Å². The molecule has 0 N–H and O–H groups in total. The van der Waals surface area contributed by atoms with E-state index < -0.39 is 22.5 Å². The van der Waals surface area contributed by atoms with Crippen molar-refractivity contribution < 1.29 is 13.3 Å². The Labute approximate surface area is 244 Å². The number of quaternary nitrogens is 2. The molecule has 0 aromatic heterocycles. The highest BCUT2D eigenvalue weighted by Crippen LogP contribution is 2.58. The van der Waals surface area contributed by atoms with Crippen LogP contribution in [0.4, 0.5) is 5.69 Å². The molecule has 2 unspecified atom stereocenters. The summed E-state index contributed by atoms with van der Waals surface area (Å²) < 4.78 is 16.9. The topological polar surface area (TPSA) is 18.5 Å². The number of nitrogens with zero attached hydrogens (tertiary/aromatic N) is 2. The fraction of sp³-hybridized carbons (Fsp3) is 0.471. The van der Waals surface area contributed by atoms with Gasteiger partial charge in [0, 0.05) is 16.7 Å². The van der Waals surface area contributed by atoms with E-state index in [2.05, 4.69) is 130 Å². The summed E-state index contributed by atoms with van der Waals surface area (Å²) in [4.78, 5) is 0. The summed E-state index contributed by atoms with van der Waals surface area (Å²) in [5.41, 5.74) is 11.5. The molecule has 0 radical (unpaired) electrons. The van der Waals surface area contributed by atoms with Gasteiger partial charge >= 0.3 is 6.03 Å². The number of hydrogen-bond acceptors (Lipinski definition) is 2. The van der Waals surface area contributed by atoms with E-state index in [-0.39, 0.29) is 0 Å². The molecule has 0 saturated carbocycles. The van der Waals surface area contributed by atoms with Gasteiger partial charge in [-0.15, -0.1) is 0 Å². The van der Waals surface area contributed by atoms with Crippen LogP contribution in [0, 0.1) is 41.5 Å². The van der Waals surface area contributed by atoms with Gasteiger partial charge in [0.1, 0.15) is 18.0 Å². The first-order chi connectivity index (χ1) is 18.4. The van der Waals surface area contributed by atoms with Crippen molar-refractivity contribution in [2.24, 2.45) is 0 Å². The summed E-state index contributed by atoms with van der Waals surface area (Å²) in [6, 6.07) is 15.0. The smallest absolute Gasteiger partial charge is 0.360 e. The molecule has 0 saturated heterocycles. The Morgan fingerprint density at radius 3 is 1.48 bits per heavy atom. The monoisotopic (exact) mass is 574 g/mol. The van der Waals surface area contributed by atoms with E-state index in [1.807, 2.05) is 0 Å². The van der Waals surface area contributed by atoms with Crippen LogP contribution < -0.4 is 14.0 Å². The van der Waals surface area contributed by atoms with Gasteiger partial charge in [0.25, 0.3) is 16.5 Å². The van der Waals surface area contributed by atoms with Gasteiger partial charge in [-0.2, -0.15) is 4.48 Å². The Balaban J connectivity index is 2.01. The molecule has 2 aliphatic heterocycles. The van der Waals surface area contributed by atoms with Gasteiger partial charge in [-0.05, 0) is 104 Å². The third-order valence-electron chi connectivity index (χ3n) is 9.69. The Bertz CT molecular complexity index is 1480. The summed E-state index contributed by atoms with van der Waals surface area (Å²) in [7, 11) is -1.75. The third kappa shape index (κ3) is 3.83. The number of benzene rings is 3. The van der Waals surface area contributed by atoms with E-state index in [0.717, 1.165) is 28.4 Å². The van der Waals surface area contributed by atoms with Crippen molar-refractivity contribution in [2.75, 3.05) is 7.05 Å². The molecule has 5 rings (SSSR count). The van der Waals surface area contributed by atoms with Crippen LogP contribution in [0.2, 0.25) is 39.3 Å². The molecule has 2 atom stereocenters. The fourth-order valence-corrected chi connectivity index (χ4v) is 20.2. The van der Waals surface area contributed by atoms with Crippen molar-refractivity contribution in [3.05, 3.63) is 87.0 Å². The lowest BCUT2D eigenvalue weighted by Gasteiger charge is -2.68. The standard InChI is InChI=1S/C34H50N2O2Si2/c1-23-17-27(5)32-29(19-23)21-35(7,31-25(3)15-14-16-26(31)4)34(37-32)36(39(8,9)10,40(11,12)13)22-30-20-24(2)18-28(6)33(30)38-34/h14-20H,21-22H2,1-13H3/q+2. The van der Waals surface area contributed by atoms with Crippen molar-refractivity contribution >= 4 is 22.2 Å². The summed E-state index contributed by atoms with van der Waals surface area (Å²) >= 11 is 0. The van der Waals surface area contributed by atoms with Crippen LogP contribution >= 0.6 is 0 Å². The number of para-hydroxylation sites is 1. The Kier molecular flexibility index (Phi) is 6.59. The van der Waals surface area contributed by atoms with E-state index in [1.54, 1.807) is 0 Å². The van der Waals surface area contributed by atoms with Gasteiger partial charge < -0.3 is 13.3 Å². The van der Waals surface area contributed by atoms with Crippen LogP contribution in [0.3, 0.4) is 0 Å². The molecule has 0 fully saturated rings. The molecule has 2 heterocycles. The minimum Gasteiger partial charge on any atom is -0.360 e. The number of hydrogen-bond donors (Lipinski definition) is 0. The fourth-order valence-electron chi connectivity index (χ4n) is 8.56. The number of aryl methyl sites for hydroxylation is 6. The maximum Gasteiger partial charge on any atom is 0.535 e. The second kappa shape index (κ2) is 9.05. The molecule has 40 heavy (non-hydrogen) atoms. The van der Waals surface area contributed by atoms with E-state index >= 15 is 0 Å². The molecule has 1 spiro atoms. The molecule has 0 bridgehead atoms. The number of fused-ring (bicyclic) bond motifs is 2. The predicted molar refractivity (Wildman–Crippen MR) is 174 cm³/mol. The first-order valence-electron chi connectivity index (χ1n) is 14.8. The predicted octanol–water partition coefficient (Wildman–Crippen LogP) is 8.76. The van der Waals surface area contributed by atoms with Crippen LogP contribution in [0.1, 0.15) is 44.5 Å². The normalized spacial score (nSPS) is 23.7. The van der Waals surface area contributed by atoms with Crippen LogP contribution in [-0.4, -0.2) is 33.4 Å². The maximum atomic E-state index is 7.73. The molecule has 0 amide bonds. The van der Waals surface area contributed by atoms with Gasteiger partial charge in [-0.3, -0.25) is 0 Å². The Morgan fingerprint density at radius 2 is 1.05 bits per heavy atom. The van der Waals surface area contributed by atoms with Crippen molar-refractivity contribution in [3.8, 4) is 11.5 Å². The van der Waals surface area contributed by atoms with E-state index in [1.165, 1.54) is 50.2 Å². The van der Waals surface area contributed by atoms with Crippen LogP contribution in [-0.2, 0) is 13.1 Å². The molecular formula is C34H50N2O2Si2+2. The highest BCUT2D eigenvalue weighted by atomic mass is 28.4. The zero-order valence-corrected chi connectivity index (χ0v) is 29.2. The molecule has 3 aromatic carbocycles.